The molecular formula is C32H36FN3O4. The van der Waals surface area contributed by atoms with Crippen molar-refractivity contribution >= 4 is 11.9 Å². The van der Waals surface area contributed by atoms with Gasteiger partial charge in [-0.25, -0.2) is 14.0 Å². The van der Waals surface area contributed by atoms with E-state index in [0.717, 1.165) is 32.7 Å². The first-order chi connectivity index (χ1) is 19.3. The van der Waals surface area contributed by atoms with Crippen LogP contribution in [0.25, 0.3) is 0 Å². The van der Waals surface area contributed by atoms with Crippen LogP contribution in [0.1, 0.15) is 49.8 Å². The number of carbonyl (C=O) groups excluding carboxylic acids is 2. The summed E-state index contributed by atoms with van der Waals surface area (Å²) in [5, 5.41) is 3.10. The van der Waals surface area contributed by atoms with Crippen molar-refractivity contribution in [1.29, 1.82) is 0 Å². The minimum atomic E-state index is -1.09. The summed E-state index contributed by atoms with van der Waals surface area (Å²) in [6.07, 6.45) is 5.82. The highest BCUT2D eigenvalue weighted by atomic mass is 19.1. The Balaban J connectivity index is 1.58. The molecule has 40 heavy (non-hydrogen) atoms. The largest absolute Gasteiger partial charge is 0.466 e. The maximum atomic E-state index is 15.4. The number of esters is 2. The predicted octanol–water partition coefficient (Wildman–Crippen LogP) is 4.31. The van der Waals surface area contributed by atoms with E-state index in [-0.39, 0.29) is 22.3 Å². The van der Waals surface area contributed by atoms with E-state index in [9.17, 15) is 9.59 Å². The minimum absolute atomic E-state index is 0.0696. The van der Waals surface area contributed by atoms with Gasteiger partial charge in [-0.3, -0.25) is 9.80 Å². The number of dihydropyridines is 1. The Hall–Kier alpha value is -3.93. The van der Waals surface area contributed by atoms with Gasteiger partial charge in [0, 0.05) is 55.2 Å². The second-order valence-corrected chi connectivity index (χ2v) is 10.0. The number of benzene rings is 2. The summed E-state index contributed by atoms with van der Waals surface area (Å²) in [5.41, 5.74) is 2.75. The first kappa shape index (κ1) is 29.1. The first-order valence-electron chi connectivity index (χ1n) is 13.5. The summed E-state index contributed by atoms with van der Waals surface area (Å²) >= 11 is 0. The van der Waals surface area contributed by atoms with E-state index < -0.39 is 29.9 Å². The van der Waals surface area contributed by atoms with Crippen LogP contribution in [0.3, 0.4) is 0 Å². The summed E-state index contributed by atoms with van der Waals surface area (Å²) < 4.78 is 26.5. The molecule has 2 atom stereocenters. The normalized spacial score (nSPS) is 19.1. The van der Waals surface area contributed by atoms with Crippen LogP contribution in [-0.4, -0.2) is 61.3 Å². The van der Waals surface area contributed by atoms with Crippen LogP contribution in [-0.2, 0) is 25.6 Å². The Kier molecular flexibility index (Phi) is 9.41. The van der Waals surface area contributed by atoms with Crippen molar-refractivity contribution < 1.29 is 23.5 Å². The fourth-order valence-corrected chi connectivity index (χ4v) is 5.54. The Bertz CT molecular complexity index is 1350. The van der Waals surface area contributed by atoms with Gasteiger partial charge in [0.2, 0.25) is 0 Å². The molecule has 2 aliphatic heterocycles. The molecule has 0 aromatic heterocycles. The zero-order valence-corrected chi connectivity index (χ0v) is 23.5. The van der Waals surface area contributed by atoms with E-state index >= 15 is 4.39 Å². The van der Waals surface area contributed by atoms with E-state index in [1.807, 2.05) is 25.1 Å². The van der Waals surface area contributed by atoms with Gasteiger partial charge < -0.3 is 14.8 Å². The van der Waals surface area contributed by atoms with Gasteiger partial charge in [-0.1, -0.05) is 49.2 Å². The smallest absolute Gasteiger partial charge is 0.338 e. The summed E-state index contributed by atoms with van der Waals surface area (Å²) in [5.74, 6) is -0.512. The summed E-state index contributed by atoms with van der Waals surface area (Å²) in [6, 6.07) is 14.7. The lowest BCUT2D eigenvalue weighted by Crippen LogP contribution is -2.51. The number of nitrogens with one attached hydrogen (secondary N) is 1. The molecule has 7 nitrogen and oxygen atoms in total. The Morgan fingerprint density at radius 2 is 1.68 bits per heavy atom. The molecule has 2 heterocycles. The highest BCUT2D eigenvalue weighted by Gasteiger charge is 2.41. The number of hydrogen-bond donors (Lipinski definition) is 1. The molecule has 2 aliphatic rings. The number of allylic oxidation sites excluding steroid dienone is 2. The molecule has 0 radical (unpaired) electrons. The van der Waals surface area contributed by atoms with Gasteiger partial charge >= 0.3 is 11.9 Å². The lowest BCUT2D eigenvalue weighted by molar-refractivity contribution is -0.157. The molecule has 0 spiro atoms. The lowest BCUT2D eigenvalue weighted by Gasteiger charge is -2.39. The van der Waals surface area contributed by atoms with Crippen LogP contribution in [0.2, 0.25) is 0 Å². The summed E-state index contributed by atoms with van der Waals surface area (Å²) in [6.45, 7) is 9.37. The SMILES string of the molecule is C#Cc1cccc(F)c1C1C(C(=O)OC)=C(C)NC(C)=C1C(=O)OC(CC)N1CCN(Cc2ccccc2)CC1. The maximum absolute atomic E-state index is 15.4. The average Bonchev–Trinajstić information content (AvgIpc) is 2.96. The van der Waals surface area contributed by atoms with E-state index in [2.05, 4.69) is 33.2 Å². The second kappa shape index (κ2) is 12.9. The Labute approximate surface area is 235 Å². The molecule has 0 saturated carbocycles. The number of nitrogens with zero attached hydrogens (tertiary/aromatic N) is 2. The van der Waals surface area contributed by atoms with Crippen molar-refractivity contribution in [1.82, 2.24) is 15.1 Å². The second-order valence-electron chi connectivity index (χ2n) is 10.0. The van der Waals surface area contributed by atoms with Gasteiger partial charge in [0.25, 0.3) is 0 Å². The highest BCUT2D eigenvalue weighted by Crippen LogP contribution is 2.41. The molecule has 1 N–H and O–H groups in total. The van der Waals surface area contributed by atoms with Gasteiger partial charge in [-0.05, 0) is 38.0 Å². The number of hydrogen-bond acceptors (Lipinski definition) is 7. The van der Waals surface area contributed by atoms with Gasteiger partial charge in [-0.15, -0.1) is 6.42 Å². The number of ether oxygens (including phenoxy) is 2. The molecule has 2 unspecified atom stereocenters. The van der Waals surface area contributed by atoms with Crippen LogP contribution in [0, 0.1) is 18.2 Å². The standard InChI is InChI=1S/C32H36FN3O4/c1-6-24-14-11-15-25(33)29(24)30-27(31(37)39-5)21(3)34-22(4)28(30)32(38)40-26(7-2)36-18-16-35(17-19-36)20-23-12-9-8-10-13-23/h1,8-15,26,30,34H,7,16-20H2,2-5H3. The van der Waals surface area contributed by atoms with E-state index in [1.165, 1.54) is 24.8 Å². The fraction of sp³-hybridized carbons (Fsp3) is 0.375. The molecular weight excluding hydrogens is 509 g/mol. The topological polar surface area (TPSA) is 71.1 Å². The molecule has 210 valence electrons. The van der Waals surface area contributed by atoms with Crippen molar-refractivity contribution in [2.24, 2.45) is 0 Å². The van der Waals surface area contributed by atoms with Crippen LogP contribution in [0.4, 0.5) is 4.39 Å². The van der Waals surface area contributed by atoms with Gasteiger partial charge in [0.1, 0.15) is 5.82 Å². The van der Waals surface area contributed by atoms with Crippen molar-refractivity contribution in [3.8, 4) is 12.3 Å². The molecule has 2 aromatic carbocycles. The molecule has 1 fully saturated rings. The van der Waals surface area contributed by atoms with E-state index in [0.29, 0.717) is 17.8 Å². The number of halogens is 1. The monoisotopic (exact) mass is 545 g/mol. The van der Waals surface area contributed by atoms with Crippen LogP contribution in [0.15, 0.2) is 71.1 Å². The van der Waals surface area contributed by atoms with Crippen LogP contribution >= 0.6 is 0 Å². The van der Waals surface area contributed by atoms with E-state index in [1.54, 1.807) is 19.9 Å². The number of terminal acetylenes is 1. The highest BCUT2D eigenvalue weighted by molar-refractivity contribution is 6.00. The molecule has 8 heteroatoms. The number of rotatable bonds is 8. The molecule has 0 amide bonds. The summed E-state index contributed by atoms with van der Waals surface area (Å²) in [4.78, 5) is 31.4. The number of carbonyl (C=O) groups is 2. The van der Waals surface area contributed by atoms with Gasteiger partial charge in [-0.2, -0.15) is 0 Å². The zero-order chi connectivity index (χ0) is 28.8. The molecule has 4 rings (SSSR count). The third kappa shape index (κ3) is 6.11. The Morgan fingerprint density at radius 3 is 2.27 bits per heavy atom. The zero-order valence-electron chi connectivity index (χ0n) is 23.5. The van der Waals surface area contributed by atoms with Crippen molar-refractivity contribution in [2.45, 2.75) is 45.9 Å². The predicted molar refractivity (Wildman–Crippen MR) is 151 cm³/mol. The molecule has 2 aromatic rings. The molecule has 0 bridgehead atoms. The molecule has 0 aliphatic carbocycles. The van der Waals surface area contributed by atoms with Crippen molar-refractivity contribution in [3.05, 3.63) is 93.6 Å². The number of methoxy groups -OCH3 is 1. The maximum Gasteiger partial charge on any atom is 0.338 e. The van der Waals surface area contributed by atoms with Crippen LogP contribution < -0.4 is 5.32 Å². The van der Waals surface area contributed by atoms with Crippen molar-refractivity contribution in [2.75, 3.05) is 33.3 Å². The van der Waals surface area contributed by atoms with Gasteiger partial charge in [0.15, 0.2) is 6.23 Å². The van der Waals surface area contributed by atoms with Gasteiger partial charge in [0.05, 0.1) is 24.2 Å². The third-order valence-corrected chi connectivity index (χ3v) is 7.54. The minimum Gasteiger partial charge on any atom is -0.466 e. The first-order valence-corrected chi connectivity index (χ1v) is 13.5. The van der Waals surface area contributed by atoms with Crippen molar-refractivity contribution in [3.63, 3.8) is 0 Å². The fourth-order valence-electron chi connectivity index (χ4n) is 5.54. The average molecular weight is 546 g/mol. The van der Waals surface area contributed by atoms with E-state index in [4.69, 9.17) is 15.9 Å². The lowest BCUT2D eigenvalue weighted by atomic mass is 9.78. The molecule has 1 saturated heterocycles. The third-order valence-electron chi connectivity index (χ3n) is 7.54. The quantitative estimate of drug-likeness (QED) is 0.392. The number of piperazine rings is 1. The summed E-state index contributed by atoms with van der Waals surface area (Å²) in [7, 11) is 1.25. The van der Waals surface area contributed by atoms with Crippen LogP contribution in [0.5, 0.6) is 0 Å². The Morgan fingerprint density at radius 1 is 1.02 bits per heavy atom.